The van der Waals surface area contributed by atoms with Crippen LogP contribution >= 0.6 is 0 Å². The van der Waals surface area contributed by atoms with Crippen LogP contribution in [-0.2, 0) is 9.53 Å². The zero-order valence-corrected chi connectivity index (χ0v) is 10.6. The van der Waals surface area contributed by atoms with Crippen LogP contribution in [0.2, 0.25) is 0 Å². The average Bonchev–Trinajstić information content (AvgIpc) is 2.46. The van der Waals surface area contributed by atoms with Crippen LogP contribution in [0.1, 0.15) is 23.3 Å². The Balaban J connectivity index is 2.00. The molecule has 0 spiro atoms. The van der Waals surface area contributed by atoms with E-state index < -0.39 is 0 Å². The second-order valence-corrected chi connectivity index (χ2v) is 4.39. The Bertz CT molecular complexity index is 532. The summed E-state index contributed by atoms with van der Waals surface area (Å²) in [6.07, 6.45) is 2.35. The number of methoxy groups -OCH3 is 1. The Morgan fingerprint density at radius 1 is 1.42 bits per heavy atom. The summed E-state index contributed by atoms with van der Waals surface area (Å²) in [5.41, 5.74) is -0.233. The molecule has 0 saturated carbocycles. The quantitative estimate of drug-likeness (QED) is 0.747. The van der Waals surface area contributed by atoms with Crippen molar-refractivity contribution >= 4 is 11.9 Å². The first-order valence-corrected chi connectivity index (χ1v) is 6.03. The highest BCUT2D eigenvalue weighted by Crippen LogP contribution is 2.19. The Hall–Kier alpha value is -2.18. The van der Waals surface area contributed by atoms with Crippen molar-refractivity contribution in [3.8, 4) is 0 Å². The molecule has 0 radical (unpaired) electrons. The molecular weight excluding hydrogens is 250 g/mol. The van der Waals surface area contributed by atoms with Crippen LogP contribution in [-0.4, -0.2) is 46.9 Å². The Morgan fingerprint density at radius 2 is 2.11 bits per heavy atom. The summed E-state index contributed by atoms with van der Waals surface area (Å²) in [4.78, 5) is 42.4. The monoisotopic (exact) mass is 265 g/mol. The van der Waals surface area contributed by atoms with Gasteiger partial charge in [0, 0.05) is 19.2 Å². The molecule has 1 N–H and O–H groups in total. The van der Waals surface area contributed by atoms with Crippen LogP contribution in [0.15, 0.2) is 17.2 Å². The number of carbonyl (C=O) groups is 2. The number of likely N-dealkylation sites (tertiary alicyclic amines) is 1. The van der Waals surface area contributed by atoms with Crippen molar-refractivity contribution < 1.29 is 14.3 Å². The van der Waals surface area contributed by atoms with E-state index in [1.807, 2.05) is 0 Å². The van der Waals surface area contributed by atoms with E-state index >= 15 is 0 Å². The fraction of sp³-hybridized carbons (Fsp3) is 0.500. The molecule has 1 fully saturated rings. The number of aromatic amines is 1. The van der Waals surface area contributed by atoms with E-state index in [2.05, 4.69) is 14.7 Å². The summed E-state index contributed by atoms with van der Waals surface area (Å²) in [5, 5.41) is 0. The minimum atomic E-state index is -0.359. The highest BCUT2D eigenvalue weighted by Gasteiger charge is 2.28. The van der Waals surface area contributed by atoms with Gasteiger partial charge in [-0.1, -0.05) is 0 Å². The smallest absolute Gasteiger partial charge is 0.308 e. The van der Waals surface area contributed by atoms with Gasteiger partial charge in [0.1, 0.15) is 5.69 Å². The number of nitrogens with one attached hydrogen (secondary N) is 1. The predicted octanol–water partition coefficient (Wildman–Crippen LogP) is -0.205. The van der Waals surface area contributed by atoms with Gasteiger partial charge in [-0.25, -0.2) is 4.98 Å². The highest BCUT2D eigenvalue weighted by atomic mass is 16.5. The van der Waals surface area contributed by atoms with Crippen molar-refractivity contribution in [2.75, 3.05) is 20.2 Å². The molecule has 7 heteroatoms. The molecule has 102 valence electrons. The number of aromatic nitrogens is 2. The fourth-order valence-electron chi connectivity index (χ4n) is 2.13. The third-order valence-corrected chi connectivity index (χ3v) is 3.21. The lowest BCUT2D eigenvalue weighted by Gasteiger charge is -2.30. The number of H-pyrrole nitrogens is 1. The molecule has 0 unspecified atom stereocenters. The molecule has 0 aliphatic carbocycles. The number of hydrogen-bond donors (Lipinski definition) is 1. The van der Waals surface area contributed by atoms with Crippen LogP contribution in [0.5, 0.6) is 0 Å². The lowest BCUT2D eigenvalue weighted by atomic mass is 9.97. The Kier molecular flexibility index (Phi) is 3.94. The summed E-state index contributed by atoms with van der Waals surface area (Å²) >= 11 is 0. The minimum Gasteiger partial charge on any atom is -0.469 e. The second-order valence-electron chi connectivity index (χ2n) is 4.39. The minimum absolute atomic E-state index is 0.125. The van der Waals surface area contributed by atoms with E-state index in [1.165, 1.54) is 19.5 Å². The summed E-state index contributed by atoms with van der Waals surface area (Å²) < 4.78 is 4.69. The van der Waals surface area contributed by atoms with E-state index in [0.29, 0.717) is 25.9 Å². The third kappa shape index (κ3) is 2.98. The van der Waals surface area contributed by atoms with Crippen molar-refractivity contribution in [1.29, 1.82) is 0 Å². The number of piperidine rings is 1. The molecule has 7 nitrogen and oxygen atoms in total. The van der Waals surface area contributed by atoms with E-state index in [-0.39, 0.29) is 29.0 Å². The molecule has 1 aromatic rings. The van der Waals surface area contributed by atoms with Crippen molar-refractivity contribution in [1.82, 2.24) is 14.9 Å². The lowest BCUT2D eigenvalue weighted by molar-refractivity contribution is -0.146. The highest BCUT2D eigenvalue weighted by molar-refractivity contribution is 5.92. The van der Waals surface area contributed by atoms with Gasteiger partial charge in [0.25, 0.3) is 11.5 Å². The van der Waals surface area contributed by atoms with Gasteiger partial charge in [-0.3, -0.25) is 14.4 Å². The number of ether oxygens (including phenoxy) is 1. The Labute approximate surface area is 109 Å². The maximum absolute atomic E-state index is 12.1. The number of rotatable bonds is 2. The molecule has 1 aromatic heterocycles. The van der Waals surface area contributed by atoms with Gasteiger partial charge in [0.2, 0.25) is 0 Å². The molecule has 0 bridgehead atoms. The van der Waals surface area contributed by atoms with Gasteiger partial charge >= 0.3 is 5.97 Å². The van der Waals surface area contributed by atoms with Crippen LogP contribution in [0.4, 0.5) is 0 Å². The first-order valence-electron chi connectivity index (χ1n) is 6.03. The van der Waals surface area contributed by atoms with Crippen molar-refractivity contribution in [3.63, 3.8) is 0 Å². The van der Waals surface area contributed by atoms with E-state index in [0.717, 1.165) is 0 Å². The van der Waals surface area contributed by atoms with E-state index in [4.69, 9.17) is 0 Å². The third-order valence-electron chi connectivity index (χ3n) is 3.21. The molecule has 1 amide bonds. The van der Waals surface area contributed by atoms with E-state index in [9.17, 15) is 14.4 Å². The van der Waals surface area contributed by atoms with Crippen LogP contribution < -0.4 is 5.56 Å². The summed E-state index contributed by atoms with van der Waals surface area (Å²) in [6, 6.07) is 1.18. The van der Waals surface area contributed by atoms with Gasteiger partial charge in [0.15, 0.2) is 0 Å². The number of amides is 1. The maximum atomic E-state index is 12.1. The molecule has 1 aliphatic heterocycles. The second kappa shape index (κ2) is 5.64. The molecule has 0 atom stereocenters. The first kappa shape index (κ1) is 13.3. The SMILES string of the molecule is COC(=O)C1CCN(C(=O)c2cc(=O)[nH]cn2)CC1. The van der Waals surface area contributed by atoms with Crippen molar-refractivity contribution in [2.45, 2.75) is 12.8 Å². The molecule has 2 heterocycles. The van der Waals surface area contributed by atoms with Crippen LogP contribution in [0.3, 0.4) is 0 Å². The molecular formula is C12H15N3O4. The predicted molar refractivity (Wildman–Crippen MR) is 65.5 cm³/mol. The van der Waals surface area contributed by atoms with Gasteiger partial charge in [-0.2, -0.15) is 0 Å². The zero-order valence-electron chi connectivity index (χ0n) is 10.6. The van der Waals surface area contributed by atoms with Crippen molar-refractivity contribution in [3.05, 3.63) is 28.4 Å². The topological polar surface area (TPSA) is 92.4 Å². The summed E-state index contributed by atoms with van der Waals surface area (Å²) in [6.45, 7) is 0.931. The van der Waals surface area contributed by atoms with Crippen molar-refractivity contribution in [2.24, 2.45) is 5.92 Å². The van der Waals surface area contributed by atoms with Gasteiger partial charge in [0.05, 0.1) is 19.4 Å². The molecule has 2 rings (SSSR count). The number of nitrogens with zero attached hydrogens (tertiary/aromatic N) is 2. The summed E-state index contributed by atoms with van der Waals surface area (Å²) in [7, 11) is 1.36. The number of esters is 1. The number of carbonyl (C=O) groups excluding carboxylic acids is 2. The molecule has 0 aromatic carbocycles. The largest absolute Gasteiger partial charge is 0.469 e. The summed E-state index contributed by atoms with van der Waals surface area (Å²) in [5.74, 6) is -0.669. The van der Waals surface area contributed by atoms with Gasteiger partial charge in [-0.05, 0) is 12.8 Å². The number of hydrogen-bond acceptors (Lipinski definition) is 5. The first-order chi connectivity index (χ1) is 9.11. The maximum Gasteiger partial charge on any atom is 0.308 e. The molecule has 1 aliphatic rings. The van der Waals surface area contributed by atoms with Gasteiger partial charge < -0.3 is 14.6 Å². The van der Waals surface area contributed by atoms with Gasteiger partial charge in [-0.15, -0.1) is 0 Å². The van der Waals surface area contributed by atoms with Crippen LogP contribution in [0, 0.1) is 5.92 Å². The molecule has 1 saturated heterocycles. The Morgan fingerprint density at radius 3 is 2.68 bits per heavy atom. The fourth-order valence-corrected chi connectivity index (χ4v) is 2.13. The lowest BCUT2D eigenvalue weighted by Crippen LogP contribution is -2.41. The normalized spacial score (nSPS) is 16.2. The molecule has 19 heavy (non-hydrogen) atoms. The van der Waals surface area contributed by atoms with Crippen LogP contribution in [0.25, 0.3) is 0 Å². The standard InChI is InChI=1S/C12H15N3O4/c1-19-12(18)8-2-4-15(5-3-8)11(17)9-6-10(16)14-7-13-9/h6-8H,2-5H2,1H3,(H,13,14,16). The van der Waals surface area contributed by atoms with E-state index in [1.54, 1.807) is 4.90 Å². The average molecular weight is 265 g/mol. The zero-order chi connectivity index (χ0) is 13.8.